The summed E-state index contributed by atoms with van der Waals surface area (Å²) in [5, 5.41) is 18.9. The number of carbonyl (C=O) groups excluding carboxylic acids is 1. The van der Waals surface area contributed by atoms with Crippen LogP contribution in [0, 0.1) is 20.9 Å². The van der Waals surface area contributed by atoms with E-state index < -0.39 is 4.92 Å². The molecule has 1 aromatic carbocycles. The maximum absolute atomic E-state index is 12.9. The van der Waals surface area contributed by atoms with Gasteiger partial charge in [-0.25, -0.2) is 0 Å². The Labute approximate surface area is 159 Å². The van der Waals surface area contributed by atoms with Gasteiger partial charge in [-0.15, -0.1) is 0 Å². The zero-order valence-corrected chi connectivity index (χ0v) is 16.6. The van der Waals surface area contributed by atoms with E-state index in [0.717, 1.165) is 16.7 Å². The molecule has 0 aromatic heterocycles. The van der Waals surface area contributed by atoms with Gasteiger partial charge in [-0.3, -0.25) is 14.9 Å². The Hall–Kier alpha value is -2.89. The first-order valence-corrected chi connectivity index (χ1v) is 8.74. The predicted octanol–water partition coefficient (Wildman–Crippen LogP) is 6.09. The predicted molar refractivity (Wildman–Crippen MR) is 106 cm³/mol. The lowest BCUT2D eigenvalue weighted by Gasteiger charge is -2.31. The number of ketones is 1. The van der Waals surface area contributed by atoms with Crippen molar-refractivity contribution in [3.63, 3.8) is 0 Å². The summed E-state index contributed by atoms with van der Waals surface area (Å²) in [7, 11) is 0. The van der Waals surface area contributed by atoms with E-state index in [1.807, 2.05) is 53.7 Å². The Morgan fingerprint density at radius 1 is 0.926 bits per heavy atom. The second-order valence-electron chi connectivity index (χ2n) is 8.56. The van der Waals surface area contributed by atoms with Gasteiger partial charge in [0.1, 0.15) is 0 Å². The molecule has 0 atom stereocenters. The number of nitrogens with zero attached hydrogens (tertiary/aromatic N) is 3. The summed E-state index contributed by atoms with van der Waals surface area (Å²) in [6.45, 7) is 12.1. The number of Topliss-reactive ketones (excluding diaryl/α,β-unsaturated/α-hetero) is 1. The molecule has 142 valence electrons. The van der Waals surface area contributed by atoms with Crippen LogP contribution in [0.3, 0.4) is 0 Å². The number of hydrogen-bond donors (Lipinski definition) is 0. The molecule has 1 aliphatic rings. The van der Waals surface area contributed by atoms with Crippen LogP contribution < -0.4 is 0 Å². The number of benzene rings is 1. The highest BCUT2D eigenvalue weighted by atomic mass is 16.6. The van der Waals surface area contributed by atoms with Crippen LogP contribution in [0.2, 0.25) is 0 Å². The molecule has 0 saturated carbocycles. The van der Waals surface area contributed by atoms with Crippen LogP contribution in [0.4, 0.5) is 11.4 Å². The minimum absolute atomic E-state index is 0.00796. The van der Waals surface area contributed by atoms with Gasteiger partial charge in [0, 0.05) is 23.3 Å². The Kier molecular flexibility index (Phi) is 5.59. The van der Waals surface area contributed by atoms with Crippen LogP contribution in [0.1, 0.15) is 41.5 Å². The molecular weight excluding hydrogens is 342 g/mol. The number of nitro benzene ring substituents is 1. The molecule has 2 rings (SSSR count). The molecule has 1 aliphatic carbocycles. The smallest absolute Gasteiger partial charge is 0.269 e. The van der Waals surface area contributed by atoms with E-state index in [4.69, 9.17) is 0 Å². The molecule has 0 spiro atoms. The molecule has 6 nitrogen and oxygen atoms in total. The van der Waals surface area contributed by atoms with E-state index in [9.17, 15) is 14.9 Å². The summed E-state index contributed by atoms with van der Waals surface area (Å²) in [4.78, 5) is 23.1. The first-order valence-electron chi connectivity index (χ1n) is 8.74. The second kappa shape index (κ2) is 7.39. The maximum atomic E-state index is 12.9. The van der Waals surface area contributed by atoms with Crippen LogP contribution in [0.5, 0.6) is 0 Å². The van der Waals surface area contributed by atoms with Crippen molar-refractivity contribution in [2.75, 3.05) is 0 Å². The number of rotatable bonds is 3. The van der Waals surface area contributed by atoms with Crippen molar-refractivity contribution in [2.24, 2.45) is 21.1 Å². The third-order valence-corrected chi connectivity index (χ3v) is 4.17. The quantitative estimate of drug-likeness (QED) is 0.368. The third-order valence-electron chi connectivity index (χ3n) is 4.17. The van der Waals surface area contributed by atoms with Crippen LogP contribution >= 0.6 is 0 Å². The third kappa shape index (κ3) is 5.06. The fourth-order valence-corrected chi connectivity index (χ4v) is 2.64. The summed E-state index contributed by atoms with van der Waals surface area (Å²) in [6, 6.07) is 5.85. The summed E-state index contributed by atoms with van der Waals surface area (Å²) >= 11 is 0. The van der Waals surface area contributed by atoms with Crippen LogP contribution in [-0.4, -0.2) is 10.7 Å². The Bertz CT molecular complexity index is 839. The number of non-ortho nitro benzene ring substituents is 1. The van der Waals surface area contributed by atoms with E-state index in [1.54, 1.807) is 6.20 Å². The fourth-order valence-electron chi connectivity index (χ4n) is 2.64. The maximum Gasteiger partial charge on any atom is 0.269 e. The van der Waals surface area contributed by atoms with E-state index in [1.165, 1.54) is 24.3 Å². The van der Waals surface area contributed by atoms with Gasteiger partial charge in [-0.2, -0.15) is 10.2 Å². The molecule has 0 heterocycles. The lowest BCUT2D eigenvalue weighted by atomic mass is 9.72. The van der Waals surface area contributed by atoms with E-state index >= 15 is 0 Å². The summed E-state index contributed by atoms with van der Waals surface area (Å²) < 4.78 is 0. The topological polar surface area (TPSA) is 84.9 Å². The van der Waals surface area contributed by atoms with Crippen molar-refractivity contribution in [2.45, 2.75) is 41.5 Å². The van der Waals surface area contributed by atoms with Gasteiger partial charge in [-0.05, 0) is 40.7 Å². The lowest BCUT2D eigenvalue weighted by Crippen LogP contribution is -2.27. The number of hydrogen-bond acceptors (Lipinski definition) is 5. The molecular formula is C21H25N3O3. The summed E-state index contributed by atoms with van der Waals surface area (Å²) in [5.74, 6) is 0.0689. The van der Waals surface area contributed by atoms with Crippen molar-refractivity contribution < 1.29 is 9.72 Å². The molecule has 0 amide bonds. The van der Waals surface area contributed by atoms with Crippen molar-refractivity contribution in [1.29, 1.82) is 0 Å². The Balaban J connectivity index is 2.36. The monoisotopic (exact) mass is 367 g/mol. The molecule has 1 aromatic rings. The normalized spacial score (nSPS) is 15.6. The number of allylic oxidation sites excluding steroid dienone is 5. The molecule has 0 fully saturated rings. The van der Waals surface area contributed by atoms with Crippen LogP contribution in [0.15, 0.2) is 69.6 Å². The highest BCUT2D eigenvalue weighted by Gasteiger charge is 2.33. The van der Waals surface area contributed by atoms with Crippen molar-refractivity contribution in [3.8, 4) is 0 Å². The van der Waals surface area contributed by atoms with Gasteiger partial charge in [-0.1, -0.05) is 41.5 Å². The summed E-state index contributed by atoms with van der Waals surface area (Å²) in [5.41, 5.74) is 2.25. The zero-order chi connectivity index (χ0) is 20.4. The lowest BCUT2D eigenvalue weighted by molar-refractivity contribution is -0.384. The zero-order valence-electron chi connectivity index (χ0n) is 16.6. The van der Waals surface area contributed by atoms with Gasteiger partial charge in [0.05, 0.1) is 16.8 Å². The summed E-state index contributed by atoms with van der Waals surface area (Å²) in [6.07, 6.45) is 5.31. The van der Waals surface area contributed by atoms with E-state index in [-0.39, 0.29) is 22.3 Å². The SMILES string of the molecule is CC(C)(C)C1=CC(=CN=Nc2ccc([N+](=O)[O-])cc2)C=C(C(C)(C)C)C1=O. The molecule has 0 bridgehead atoms. The molecule has 6 heteroatoms. The number of carbonyl (C=O) groups is 1. The standard InChI is InChI=1S/C21H25N3O3/c1-20(2,3)17-11-14(12-18(19(17)25)21(4,5)6)13-22-23-15-7-9-16(10-8-15)24(26)27/h7-13H,1-6H3. The van der Waals surface area contributed by atoms with Crippen LogP contribution in [-0.2, 0) is 4.79 Å². The van der Waals surface area contributed by atoms with E-state index in [0.29, 0.717) is 5.69 Å². The van der Waals surface area contributed by atoms with Gasteiger partial charge < -0.3 is 0 Å². The largest absolute Gasteiger partial charge is 0.289 e. The van der Waals surface area contributed by atoms with Crippen LogP contribution in [0.25, 0.3) is 0 Å². The number of nitro groups is 1. The van der Waals surface area contributed by atoms with Gasteiger partial charge >= 0.3 is 0 Å². The van der Waals surface area contributed by atoms with Gasteiger partial charge in [0.15, 0.2) is 5.78 Å². The average Bonchev–Trinajstić information content (AvgIpc) is 2.54. The molecule has 0 aliphatic heterocycles. The molecule has 0 N–H and O–H groups in total. The Morgan fingerprint density at radius 2 is 1.41 bits per heavy atom. The van der Waals surface area contributed by atoms with Gasteiger partial charge in [0.25, 0.3) is 5.69 Å². The van der Waals surface area contributed by atoms with Crippen molar-refractivity contribution in [3.05, 3.63) is 69.5 Å². The minimum atomic E-state index is -0.459. The van der Waals surface area contributed by atoms with Crippen molar-refractivity contribution in [1.82, 2.24) is 0 Å². The molecule has 0 saturated heterocycles. The highest BCUT2D eigenvalue weighted by molar-refractivity contribution is 6.11. The Morgan fingerprint density at radius 3 is 1.81 bits per heavy atom. The molecule has 0 unspecified atom stereocenters. The highest BCUT2D eigenvalue weighted by Crippen LogP contribution is 2.38. The van der Waals surface area contributed by atoms with Crippen molar-refractivity contribution >= 4 is 17.2 Å². The number of azo groups is 1. The van der Waals surface area contributed by atoms with Gasteiger partial charge in [0.2, 0.25) is 0 Å². The average molecular weight is 367 g/mol. The molecule has 0 radical (unpaired) electrons. The first kappa shape index (κ1) is 20.4. The minimum Gasteiger partial charge on any atom is -0.289 e. The second-order valence-corrected chi connectivity index (χ2v) is 8.56. The molecule has 27 heavy (non-hydrogen) atoms. The van der Waals surface area contributed by atoms with E-state index in [2.05, 4.69) is 10.2 Å². The first-order chi connectivity index (χ1) is 12.4. The fraction of sp³-hybridized carbons (Fsp3) is 0.381.